The average molecular weight is 528 g/mol. The maximum atomic E-state index is 13.4. The molecule has 0 atom stereocenters. The van der Waals surface area contributed by atoms with Crippen LogP contribution in [0.1, 0.15) is 16.9 Å². The van der Waals surface area contributed by atoms with Crippen molar-refractivity contribution in [3.8, 4) is 11.6 Å². The molecule has 37 heavy (non-hydrogen) atoms. The third kappa shape index (κ3) is 6.26. The van der Waals surface area contributed by atoms with Crippen molar-refractivity contribution >= 4 is 23.2 Å². The smallest absolute Gasteiger partial charge is 0.354 e. The van der Waals surface area contributed by atoms with E-state index in [-0.39, 0.29) is 32.3 Å². The van der Waals surface area contributed by atoms with Crippen molar-refractivity contribution in [1.29, 1.82) is 0 Å². The van der Waals surface area contributed by atoms with Crippen LogP contribution in [0.15, 0.2) is 62.6 Å². The van der Waals surface area contributed by atoms with Crippen molar-refractivity contribution in [2.75, 3.05) is 18.5 Å². The Labute approximate surface area is 216 Å². The Morgan fingerprint density at radius 2 is 1.78 bits per heavy atom. The second-order valence-electron chi connectivity index (χ2n) is 8.54. The first-order valence-corrected chi connectivity index (χ1v) is 11.8. The third-order valence-electron chi connectivity index (χ3n) is 5.61. The molecule has 194 valence electrons. The molecule has 2 heterocycles. The van der Waals surface area contributed by atoms with Crippen LogP contribution in [0.3, 0.4) is 0 Å². The number of benzene rings is 2. The minimum atomic E-state index is -0.801. The Morgan fingerprint density at radius 1 is 1.05 bits per heavy atom. The lowest BCUT2D eigenvalue weighted by atomic mass is 10.2. The van der Waals surface area contributed by atoms with Gasteiger partial charge in [-0.1, -0.05) is 23.7 Å². The van der Waals surface area contributed by atoms with E-state index in [1.807, 2.05) is 6.92 Å². The van der Waals surface area contributed by atoms with Crippen LogP contribution < -0.4 is 21.4 Å². The number of nitrogens with one attached hydrogen (secondary N) is 1. The lowest BCUT2D eigenvalue weighted by Crippen LogP contribution is -2.44. The largest absolute Gasteiger partial charge is 0.436 e. The van der Waals surface area contributed by atoms with Crippen molar-refractivity contribution in [3.05, 3.63) is 91.4 Å². The van der Waals surface area contributed by atoms with Gasteiger partial charge in [0.2, 0.25) is 5.95 Å². The fraction of sp³-hybridized carbons (Fsp3) is 0.280. The normalized spacial score (nSPS) is 11.2. The highest BCUT2D eigenvalue weighted by Crippen LogP contribution is 2.28. The first-order valence-electron chi connectivity index (χ1n) is 11.4. The number of halogens is 1. The Balaban J connectivity index is 1.69. The fourth-order valence-electron chi connectivity index (χ4n) is 3.60. The van der Waals surface area contributed by atoms with E-state index in [0.29, 0.717) is 28.1 Å². The molecular formula is C25H26ClN5O6. The van der Waals surface area contributed by atoms with Crippen molar-refractivity contribution in [2.45, 2.75) is 26.9 Å². The van der Waals surface area contributed by atoms with E-state index >= 15 is 0 Å². The van der Waals surface area contributed by atoms with Gasteiger partial charge in [-0.3, -0.25) is 4.57 Å². The molecule has 12 heteroatoms. The number of hydrogen-bond donors (Lipinski definition) is 3. The molecule has 4 rings (SSSR count). The lowest BCUT2D eigenvalue weighted by molar-refractivity contribution is 0.134. The molecule has 0 aliphatic carbocycles. The number of aromatic nitrogens is 4. The molecule has 0 spiro atoms. The highest BCUT2D eigenvalue weighted by Gasteiger charge is 2.18. The van der Waals surface area contributed by atoms with E-state index < -0.39 is 17.3 Å². The van der Waals surface area contributed by atoms with Gasteiger partial charge in [0, 0.05) is 42.5 Å². The molecule has 0 radical (unpaired) electrons. The van der Waals surface area contributed by atoms with Gasteiger partial charge in [-0.05, 0) is 60.5 Å². The van der Waals surface area contributed by atoms with Gasteiger partial charge >= 0.3 is 11.4 Å². The van der Waals surface area contributed by atoms with E-state index in [2.05, 4.69) is 15.5 Å². The van der Waals surface area contributed by atoms with Crippen molar-refractivity contribution in [3.63, 3.8) is 0 Å². The number of ether oxygens (including phenoxy) is 1. The molecule has 2 aromatic carbocycles. The lowest BCUT2D eigenvalue weighted by Gasteiger charge is -2.18. The Bertz CT molecular complexity index is 1490. The first-order chi connectivity index (χ1) is 17.8. The molecule has 0 aliphatic heterocycles. The minimum Gasteiger partial charge on any atom is -0.436 e. The van der Waals surface area contributed by atoms with Crippen molar-refractivity contribution in [2.24, 2.45) is 5.92 Å². The zero-order chi connectivity index (χ0) is 26.5. The van der Waals surface area contributed by atoms with Crippen LogP contribution in [-0.2, 0) is 13.1 Å². The predicted molar refractivity (Wildman–Crippen MR) is 137 cm³/mol. The number of aryl methyl sites for hydroxylation is 2. The third-order valence-corrected chi connectivity index (χ3v) is 5.86. The van der Waals surface area contributed by atoms with Crippen LogP contribution >= 0.6 is 11.6 Å². The van der Waals surface area contributed by atoms with Gasteiger partial charge in [-0.2, -0.15) is 4.98 Å². The Hall–Kier alpha value is -3.93. The maximum absolute atomic E-state index is 13.4. The summed E-state index contributed by atoms with van der Waals surface area (Å²) in [4.78, 5) is 30.3. The van der Waals surface area contributed by atoms with Crippen molar-refractivity contribution in [1.82, 2.24) is 19.3 Å². The summed E-state index contributed by atoms with van der Waals surface area (Å²) < 4.78 is 13.0. The van der Waals surface area contributed by atoms with Crippen LogP contribution in [0.5, 0.6) is 11.6 Å². The molecule has 0 amide bonds. The Kier molecular flexibility index (Phi) is 8.07. The van der Waals surface area contributed by atoms with E-state index in [1.54, 1.807) is 55.5 Å². The van der Waals surface area contributed by atoms with Crippen LogP contribution in [0, 0.1) is 19.8 Å². The van der Waals surface area contributed by atoms with E-state index in [0.717, 1.165) is 15.7 Å². The molecule has 0 saturated carbocycles. The molecule has 11 nitrogen and oxygen atoms in total. The summed E-state index contributed by atoms with van der Waals surface area (Å²) in [5.74, 6) is 0.853. The summed E-state index contributed by atoms with van der Waals surface area (Å²) in [7, 11) is 0. The van der Waals surface area contributed by atoms with Gasteiger partial charge in [0.1, 0.15) is 11.5 Å². The molecule has 3 N–H and O–H groups in total. The molecule has 0 fully saturated rings. The molecule has 0 aliphatic rings. The van der Waals surface area contributed by atoms with Crippen LogP contribution in [-0.4, -0.2) is 42.7 Å². The molecular weight excluding hydrogens is 502 g/mol. The van der Waals surface area contributed by atoms with Gasteiger partial charge in [0.05, 0.1) is 6.54 Å². The minimum absolute atomic E-state index is 0.0333. The summed E-state index contributed by atoms with van der Waals surface area (Å²) in [5, 5.41) is 26.3. The summed E-state index contributed by atoms with van der Waals surface area (Å²) in [5.41, 5.74) is 0.649. The van der Waals surface area contributed by atoms with Gasteiger partial charge in [-0.25, -0.2) is 14.2 Å². The van der Waals surface area contributed by atoms with Gasteiger partial charge in [0.25, 0.3) is 5.88 Å². The summed E-state index contributed by atoms with van der Waals surface area (Å²) in [6.07, 6.45) is 0. The summed E-state index contributed by atoms with van der Waals surface area (Å²) in [6, 6.07) is 13.8. The Morgan fingerprint density at radius 3 is 2.41 bits per heavy atom. The zero-order valence-electron chi connectivity index (χ0n) is 20.2. The molecule has 0 unspecified atom stereocenters. The highest BCUT2D eigenvalue weighted by atomic mass is 35.5. The van der Waals surface area contributed by atoms with Crippen LogP contribution in [0.2, 0.25) is 5.02 Å². The topological polar surface area (TPSA) is 145 Å². The van der Waals surface area contributed by atoms with Crippen LogP contribution in [0.4, 0.5) is 11.6 Å². The second-order valence-corrected chi connectivity index (χ2v) is 8.97. The monoisotopic (exact) mass is 527 g/mol. The van der Waals surface area contributed by atoms with E-state index in [1.165, 1.54) is 4.57 Å². The number of rotatable bonds is 10. The number of hydrogen-bond acceptors (Lipinski definition) is 9. The van der Waals surface area contributed by atoms with E-state index in [9.17, 15) is 19.8 Å². The first kappa shape index (κ1) is 26.1. The van der Waals surface area contributed by atoms with Gasteiger partial charge in [0.15, 0.2) is 0 Å². The molecule has 2 aromatic heterocycles. The van der Waals surface area contributed by atoms with Crippen molar-refractivity contribution < 1.29 is 19.5 Å². The van der Waals surface area contributed by atoms with Gasteiger partial charge in [-0.15, -0.1) is 0 Å². The number of aliphatic hydroxyl groups is 2. The van der Waals surface area contributed by atoms with Gasteiger partial charge < -0.3 is 24.8 Å². The second kappa shape index (κ2) is 11.4. The van der Waals surface area contributed by atoms with E-state index in [4.69, 9.17) is 20.9 Å². The molecule has 0 bridgehead atoms. The average Bonchev–Trinajstić information content (AvgIpc) is 3.29. The number of anilines is 2. The number of aliphatic hydroxyl groups excluding tert-OH is 2. The number of nitrogens with zero attached hydrogens (tertiary/aromatic N) is 4. The fourth-order valence-corrected chi connectivity index (χ4v) is 3.73. The quantitative estimate of drug-likeness (QED) is 0.283. The SMILES string of the molecule is Cc1cc(Oc2ccc(Nc3nc(=O)n(CC(CO)CO)c(=O)n3Cc3ccc(Cl)cc3)cc2C)no1. The molecule has 0 saturated heterocycles. The maximum Gasteiger partial charge on any atom is 0.354 e. The summed E-state index contributed by atoms with van der Waals surface area (Å²) in [6.45, 7) is 2.75. The highest BCUT2D eigenvalue weighted by molar-refractivity contribution is 6.30. The molecule has 4 aromatic rings. The summed E-state index contributed by atoms with van der Waals surface area (Å²) >= 11 is 5.99. The standard InChI is InChI=1S/C25H26ClN5O6/c1-15-9-20(7-8-21(15)36-22-10-16(2)37-29-22)27-23-28-24(34)31(12-18(13-32)14-33)25(35)30(23)11-17-3-5-19(26)6-4-17/h3-10,18,32-33H,11-14H2,1-2H3,(H,27,28,34). The van der Waals surface area contributed by atoms with Crippen LogP contribution in [0.25, 0.3) is 0 Å². The zero-order valence-corrected chi connectivity index (χ0v) is 21.0. The predicted octanol–water partition coefficient (Wildman–Crippen LogP) is 2.85.